The van der Waals surface area contributed by atoms with E-state index in [2.05, 4.69) is 34.3 Å². The van der Waals surface area contributed by atoms with Gasteiger partial charge in [0.2, 0.25) is 0 Å². The summed E-state index contributed by atoms with van der Waals surface area (Å²) < 4.78 is 0. The summed E-state index contributed by atoms with van der Waals surface area (Å²) in [4.78, 5) is 5.83. The van der Waals surface area contributed by atoms with Gasteiger partial charge in [-0.3, -0.25) is 4.90 Å². The molecule has 1 aliphatic rings. The van der Waals surface area contributed by atoms with Crippen molar-refractivity contribution in [2.75, 3.05) is 26.2 Å². The fourth-order valence-electron chi connectivity index (χ4n) is 2.05. The minimum absolute atomic E-state index is 0.518. The molecule has 0 unspecified atom stereocenters. The second-order valence-corrected chi connectivity index (χ2v) is 3.94. The van der Waals surface area contributed by atoms with Crippen molar-refractivity contribution in [3.63, 3.8) is 0 Å². The number of H-pyrrole nitrogens is 1. The quantitative estimate of drug-likeness (QED) is 0.743. The van der Waals surface area contributed by atoms with Gasteiger partial charge in [-0.1, -0.05) is 0 Å². The Kier molecular flexibility index (Phi) is 3.22. The van der Waals surface area contributed by atoms with Crippen LogP contribution in [-0.2, 0) is 0 Å². The first-order valence-electron chi connectivity index (χ1n) is 5.46. The fourth-order valence-corrected chi connectivity index (χ4v) is 2.05. The lowest BCUT2D eigenvalue weighted by Crippen LogP contribution is -2.30. The highest BCUT2D eigenvalue weighted by Gasteiger charge is 2.16. The third kappa shape index (κ3) is 2.16. The van der Waals surface area contributed by atoms with Crippen molar-refractivity contribution >= 4 is 0 Å². The summed E-state index contributed by atoms with van der Waals surface area (Å²) in [6.07, 6.45) is 3.26. The smallest absolute Gasteiger partial charge is 0.0470 e. The van der Waals surface area contributed by atoms with Gasteiger partial charge in [0, 0.05) is 37.6 Å². The van der Waals surface area contributed by atoms with Crippen LogP contribution >= 0.6 is 0 Å². The Morgan fingerprint density at radius 2 is 2.29 bits per heavy atom. The molecule has 1 aromatic rings. The highest BCUT2D eigenvalue weighted by atomic mass is 15.2. The molecule has 3 nitrogen and oxygen atoms in total. The summed E-state index contributed by atoms with van der Waals surface area (Å²) in [6, 6.07) is 4.76. The maximum atomic E-state index is 3.43. The number of aromatic nitrogens is 1. The molecule has 0 radical (unpaired) electrons. The first-order chi connectivity index (χ1) is 6.88. The van der Waals surface area contributed by atoms with Gasteiger partial charge in [-0.15, -0.1) is 0 Å². The zero-order valence-corrected chi connectivity index (χ0v) is 8.79. The van der Waals surface area contributed by atoms with E-state index in [1.807, 2.05) is 6.20 Å². The van der Waals surface area contributed by atoms with Crippen LogP contribution in [0.1, 0.15) is 25.1 Å². The number of rotatable bonds is 2. The summed E-state index contributed by atoms with van der Waals surface area (Å²) in [5.74, 6) is 0. The molecule has 1 aromatic heterocycles. The molecule has 2 N–H and O–H groups in total. The molecule has 78 valence electrons. The highest BCUT2D eigenvalue weighted by Crippen LogP contribution is 2.18. The molecular formula is C11H19N3. The zero-order valence-electron chi connectivity index (χ0n) is 8.79. The van der Waals surface area contributed by atoms with E-state index >= 15 is 0 Å². The average Bonchev–Trinajstić information content (AvgIpc) is 2.59. The van der Waals surface area contributed by atoms with Gasteiger partial charge in [-0.2, -0.15) is 0 Å². The molecule has 0 bridgehead atoms. The molecule has 1 fully saturated rings. The molecule has 0 aromatic carbocycles. The number of nitrogens with one attached hydrogen (secondary N) is 2. The standard InChI is InChI=1S/C11H19N3/c1-10(11-4-2-6-13-11)14-8-3-5-12-7-9-14/h2,4,6,10,12-13H,3,5,7-9H2,1H3/t10-/m0/s1. The summed E-state index contributed by atoms with van der Waals surface area (Å²) in [5.41, 5.74) is 1.33. The Labute approximate surface area is 85.5 Å². The predicted molar refractivity (Wildman–Crippen MR) is 58.3 cm³/mol. The van der Waals surface area contributed by atoms with E-state index in [-0.39, 0.29) is 0 Å². The van der Waals surface area contributed by atoms with Gasteiger partial charge in [-0.05, 0) is 32.0 Å². The van der Waals surface area contributed by atoms with Crippen LogP contribution in [0.3, 0.4) is 0 Å². The van der Waals surface area contributed by atoms with Crippen molar-refractivity contribution in [1.82, 2.24) is 15.2 Å². The number of hydrogen-bond donors (Lipinski definition) is 2. The minimum Gasteiger partial charge on any atom is -0.364 e. The Morgan fingerprint density at radius 3 is 3.07 bits per heavy atom. The van der Waals surface area contributed by atoms with Crippen LogP contribution in [0.2, 0.25) is 0 Å². The second kappa shape index (κ2) is 4.62. The predicted octanol–water partition coefficient (Wildman–Crippen LogP) is 1.37. The Balaban J connectivity index is 1.99. The van der Waals surface area contributed by atoms with Crippen molar-refractivity contribution in [2.45, 2.75) is 19.4 Å². The van der Waals surface area contributed by atoms with Crippen LogP contribution in [0.15, 0.2) is 18.3 Å². The van der Waals surface area contributed by atoms with Gasteiger partial charge < -0.3 is 10.3 Å². The van der Waals surface area contributed by atoms with Gasteiger partial charge in [-0.25, -0.2) is 0 Å². The van der Waals surface area contributed by atoms with Gasteiger partial charge in [0.05, 0.1) is 0 Å². The van der Waals surface area contributed by atoms with Gasteiger partial charge in [0.25, 0.3) is 0 Å². The third-order valence-electron chi connectivity index (χ3n) is 2.99. The van der Waals surface area contributed by atoms with Crippen LogP contribution in [0.4, 0.5) is 0 Å². The largest absolute Gasteiger partial charge is 0.364 e. The fraction of sp³-hybridized carbons (Fsp3) is 0.636. The average molecular weight is 193 g/mol. The van der Waals surface area contributed by atoms with Crippen LogP contribution in [0.25, 0.3) is 0 Å². The van der Waals surface area contributed by atoms with E-state index in [0.29, 0.717) is 6.04 Å². The minimum atomic E-state index is 0.518. The molecular weight excluding hydrogens is 174 g/mol. The molecule has 0 amide bonds. The Hall–Kier alpha value is -0.800. The summed E-state index contributed by atoms with van der Waals surface area (Å²) in [7, 11) is 0. The molecule has 1 atom stereocenters. The van der Waals surface area contributed by atoms with E-state index in [9.17, 15) is 0 Å². The highest BCUT2D eigenvalue weighted by molar-refractivity contribution is 5.08. The van der Waals surface area contributed by atoms with Crippen LogP contribution < -0.4 is 5.32 Å². The number of nitrogens with zero attached hydrogens (tertiary/aromatic N) is 1. The first-order valence-corrected chi connectivity index (χ1v) is 5.46. The SMILES string of the molecule is C[C@@H](c1ccc[nH]1)N1CCCNCC1. The van der Waals surface area contributed by atoms with Crippen LogP contribution in [0.5, 0.6) is 0 Å². The van der Waals surface area contributed by atoms with Crippen molar-refractivity contribution in [1.29, 1.82) is 0 Å². The Bertz CT molecular complexity index is 248. The monoisotopic (exact) mass is 193 g/mol. The van der Waals surface area contributed by atoms with E-state index < -0.39 is 0 Å². The third-order valence-corrected chi connectivity index (χ3v) is 2.99. The summed E-state index contributed by atoms with van der Waals surface area (Å²) >= 11 is 0. The Morgan fingerprint density at radius 1 is 1.36 bits per heavy atom. The molecule has 0 saturated carbocycles. The number of hydrogen-bond acceptors (Lipinski definition) is 2. The van der Waals surface area contributed by atoms with Gasteiger partial charge in [0.1, 0.15) is 0 Å². The lowest BCUT2D eigenvalue weighted by molar-refractivity contribution is 0.222. The van der Waals surface area contributed by atoms with Crippen LogP contribution in [-0.4, -0.2) is 36.1 Å². The molecule has 1 saturated heterocycles. The van der Waals surface area contributed by atoms with E-state index in [1.165, 1.54) is 18.7 Å². The molecule has 2 heterocycles. The molecule has 3 heteroatoms. The maximum absolute atomic E-state index is 3.43. The molecule has 0 spiro atoms. The van der Waals surface area contributed by atoms with E-state index in [4.69, 9.17) is 0 Å². The first kappa shape index (κ1) is 9.74. The second-order valence-electron chi connectivity index (χ2n) is 3.94. The normalized spacial score (nSPS) is 21.8. The molecule has 2 rings (SSSR count). The lowest BCUT2D eigenvalue weighted by atomic mass is 10.2. The van der Waals surface area contributed by atoms with Crippen molar-refractivity contribution in [3.8, 4) is 0 Å². The molecule has 1 aliphatic heterocycles. The lowest BCUT2D eigenvalue weighted by Gasteiger charge is -2.26. The van der Waals surface area contributed by atoms with E-state index in [0.717, 1.165) is 19.6 Å². The van der Waals surface area contributed by atoms with Gasteiger partial charge >= 0.3 is 0 Å². The van der Waals surface area contributed by atoms with Crippen molar-refractivity contribution < 1.29 is 0 Å². The van der Waals surface area contributed by atoms with Gasteiger partial charge in [0.15, 0.2) is 0 Å². The summed E-state index contributed by atoms with van der Waals surface area (Å²) in [6.45, 7) is 6.91. The van der Waals surface area contributed by atoms with Crippen molar-refractivity contribution in [2.24, 2.45) is 0 Å². The number of aromatic amines is 1. The van der Waals surface area contributed by atoms with E-state index in [1.54, 1.807) is 0 Å². The van der Waals surface area contributed by atoms with Crippen LogP contribution in [0, 0.1) is 0 Å². The summed E-state index contributed by atoms with van der Waals surface area (Å²) in [5, 5.41) is 3.43. The molecule has 0 aliphatic carbocycles. The van der Waals surface area contributed by atoms with Crippen molar-refractivity contribution in [3.05, 3.63) is 24.0 Å². The maximum Gasteiger partial charge on any atom is 0.0470 e. The topological polar surface area (TPSA) is 31.1 Å². The zero-order chi connectivity index (χ0) is 9.80. The molecule has 14 heavy (non-hydrogen) atoms.